The van der Waals surface area contributed by atoms with Crippen molar-refractivity contribution < 1.29 is 9.52 Å². The Labute approximate surface area is 194 Å². The fraction of sp³-hybridized carbons (Fsp3) is 0. The number of aliphatic hydroxyl groups is 1. The maximum absolute atomic E-state index is 10.7. The van der Waals surface area contributed by atoms with Crippen molar-refractivity contribution in [3.63, 3.8) is 0 Å². The van der Waals surface area contributed by atoms with Gasteiger partial charge in [0.15, 0.2) is 11.5 Å². The van der Waals surface area contributed by atoms with E-state index in [0.29, 0.717) is 26.4 Å². The van der Waals surface area contributed by atoms with Gasteiger partial charge < -0.3 is 9.52 Å². The van der Waals surface area contributed by atoms with Crippen molar-refractivity contribution in [1.82, 2.24) is 4.98 Å². The van der Waals surface area contributed by atoms with Crippen LogP contribution >= 0.6 is 50.5 Å². The second kappa shape index (κ2) is 8.66. The second-order valence-electron chi connectivity index (χ2n) is 6.17. The molecule has 30 heavy (non-hydrogen) atoms. The highest BCUT2D eigenvalue weighted by Gasteiger charge is 2.19. The van der Waals surface area contributed by atoms with Gasteiger partial charge in [-0.15, -0.1) is 11.3 Å². The summed E-state index contributed by atoms with van der Waals surface area (Å²) in [4.78, 5) is 4.50. The largest absolute Gasteiger partial charge is 0.503 e. The molecule has 0 aliphatic rings. The summed E-state index contributed by atoms with van der Waals surface area (Å²) in [5.74, 6) is 0.309. The van der Waals surface area contributed by atoms with E-state index < -0.39 is 0 Å². The summed E-state index contributed by atoms with van der Waals surface area (Å²) in [5, 5.41) is 23.5. The maximum Gasteiger partial charge on any atom is 0.179 e. The smallest absolute Gasteiger partial charge is 0.179 e. The Bertz CT molecular complexity index is 1300. The van der Waals surface area contributed by atoms with E-state index in [0.717, 1.165) is 15.7 Å². The Kier molecular flexibility index (Phi) is 5.98. The van der Waals surface area contributed by atoms with Gasteiger partial charge in [0.05, 0.1) is 10.7 Å². The first-order chi connectivity index (χ1) is 14.5. The van der Waals surface area contributed by atoms with Gasteiger partial charge in [0.2, 0.25) is 0 Å². The minimum atomic E-state index is -0.287. The van der Waals surface area contributed by atoms with E-state index in [2.05, 4.69) is 20.9 Å². The van der Waals surface area contributed by atoms with Crippen LogP contribution in [0.2, 0.25) is 10.0 Å². The lowest BCUT2D eigenvalue weighted by atomic mass is 10.1. The number of thiazole rings is 1. The highest BCUT2D eigenvalue weighted by atomic mass is 79.9. The van der Waals surface area contributed by atoms with Gasteiger partial charge >= 0.3 is 0 Å². The summed E-state index contributed by atoms with van der Waals surface area (Å²) in [6, 6.07) is 18.0. The molecular formula is C22H11BrCl2N2O2S. The van der Waals surface area contributed by atoms with Crippen molar-refractivity contribution in [3.05, 3.63) is 85.3 Å². The van der Waals surface area contributed by atoms with Crippen molar-refractivity contribution >= 4 is 61.8 Å². The molecule has 4 nitrogen and oxygen atoms in total. The second-order valence-corrected chi connectivity index (χ2v) is 8.79. The van der Waals surface area contributed by atoms with Crippen LogP contribution in [-0.4, -0.2) is 10.1 Å². The van der Waals surface area contributed by atoms with Crippen LogP contribution in [0.3, 0.4) is 0 Å². The lowest BCUT2D eigenvalue weighted by Crippen LogP contribution is -1.89. The van der Waals surface area contributed by atoms with Crippen LogP contribution in [-0.2, 0) is 0 Å². The van der Waals surface area contributed by atoms with Crippen LogP contribution in [0.4, 0.5) is 0 Å². The van der Waals surface area contributed by atoms with Gasteiger partial charge in [-0.05, 0) is 42.5 Å². The molecule has 0 bridgehead atoms. The van der Waals surface area contributed by atoms with E-state index in [-0.39, 0.29) is 17.1 Å². The van der Waals surface area contributed by atoms with Crippen LogP contribution < -0.4 is 0 Å². The molecule has 0 saturated carbocycles. The summed E-state index contributed by atoms with van der Waals surface area (Å²) in [6.45, 7) is 0. The molecule has 8 heteroatoms. The van der Waals surface area contributed by atoms with Crippen LogP contribution in [0.1, 0.15) is 10.8 Å². The highest BCUT2D eigenvalue weighted by molar-refractivity contribution is 9.10. The highest BCUT2D eigenvalue weighted by Crippen LogP contribution is 2.35. The number of aliphatic hydroxyl groups excluding tert-OH is 1. The van der Waals surface area contributed by atoms with Gasteiger partial charge in [-0.3, -0.25) is 0 Å². The molecule has 0 aliphatic heterocycles. The number of benzene rings is 2. The van der Waals surface area contributed by atoms with E-state index in [1.54, 1.807) is 30.3 Å². The zero-order valence-electron chi connectivity index (χ0n) is 15.1. The summed E-state index contributed by atoms with van der Waals surface area (Å²) in [6.07, 6.45) is 0. The van der Waals surface area contributed by atoms with Crippen LogP contribution in [0.15, 0.2) is 68.9 Å². The molecule has 2 aromatic carbocycles. The molecule has 0 amide bonds. The molecule has 2 aromatic heterocycles. The topological polar surface area (TPSA) is 70.0 Å². The predicted molar refractivity (Wildman–Crippen MR) is 124 cm³/mol. The minimum Gasteiger partial charge on any atom is -0.503 e. The van der Waals surface area contributed by atoms with Crippen LogP contribution in [0, 0.1) is 11.3 Å². The Morgan fingerprint density at radius 2 is 1.87 bits per heavy atom. The molecule has 0 saturated heterocycles. The number of nitriles is 1. The standard InChI is InChI=1S/C22H11BrCl2N2O2S/c23-13-3-1-12(2-4-13)18-11-30-22(27-18)16(10-26)21(28)20-8-7-19(29-20)15-6-5-14(24)9-17(15)25/h1-9,11,28H/b21-16-. The molecular weight excluding hydrogens is 507 g/mol. The van der Waals surface area contributed by atoms with Gasteiger partial charge in [-0.2, -0.15) is 5.26 Å². The molecule has 1 N–H and O–H groups in total. The van der Waals surface area contributed by atoms with Gasteiger partial charge in [0.1, 0.15) is 22.4 Å². The van der Waals surface area contributed by atoms with E-state index in [1.165, 1.54) is 11.3 Å². The Morgan fingerprint density at radius 1 is 1.10 bits per heavy atom. The number of rotatable bonds is 4. The normalized spacial score (nSPS) is 11.8. The van der Waals surface area contributed by atoms with Crippen molar-refractivity contribution in [2.75, 3.05) is 0 Å². The van der Waals surface area contributed by atoms with Crippen LogP contribution in [0.5, 0.6) is 0 Å². The number of hydrogen-bond donors (Lipinski definition) is 1. The van der Waals surface area contributed by atoms with E-state index in [4.69, 9.17) is 27.6 Å². The van der Waals surface area contributed by atoms with Gasteiger partial charge in [-0.1, -0.05) is 51.3 Å². The molecule has 0 aliphatic carbocycles. The molecule has 0 unspecified atom stereocenters. The van der Waals surface area contributed by atoms with E-state index in [9.17, 15) is 10.4 Å². The lowest BCUT2D eigenvalue weighted by molar-refractivity contribution is 0.466. The number of furan rings is 1. The Hall–Kier alpha value is -2.56. The first-order valence-corrected chi connectivity index (χ1v) is 11.0. The molecule has 4 aromatic rings. The average molecular weight is 518 g/mol. The summed E-state index contributed by atoms with van der Waals surface area (Å²) < 4.78 is 6.71. The zero-order chi connectivity index (χ0) is 21.3. The molecule has 0 radical (unpaired) electrons. The maximum atomic E-state index is 10.7. The average Bonchev–Trinajstić information content (AvgIpc) is 3.39. The molecule has 0 spiro atoms. The van der Waals surface area contributed by atoms with Gasteiger partial charge in [0, 0.05) is 26.0 Å². The zero-order valence-corrected chi connectivity index (χ0v) is 19.0. The molecule has 0 fully saturated rings. The Balaban J connectivity index is 1.69. The SMILES string of the molecule is N#C/C(=C(/O)c1ccc(-c2ccc(Cl)cc2Cl)o1)c1nc(-c2ccc(Br)cc2)cs1. The molecule has 0 atom stereocenters. The summed E-state index contributed by atoms with van der Waals surface area (Å²) >= 11 is 16.8. The van der Waals surface area contributed by atoms with Gasteiger partial charge in [0.25, 0.3) is 0 Å². The fourth-order valence-corrected chi connectivity index (χ4v) is 4.36. The predicted octanol–water partition coefficient (Wildman–Crippen LogP) is 8.09. The van der Waals surface area contributed by atoms with Gasteiger partial charge in [-0.25, -0.2) is 4.98 Å². The quantitative estimate of drug-likeness (QED) is 0.219. The third-order valence-corrected chi connectivity index (χ3v) is 6.18. The summed E-state index contributed by atoms with van der Waals surface area (Å²) in [7, 11) is 0. The van der Waals surface area contributed by atoms with Crippen LogP contribution in [0.25, 0.3) is 33.9 Å². The van der Waals surface area contributed by atoms with Crippen molar-refractivity contribution in [2.45, 2.75) is 0 Å². The monoisotopic (exact) mass is 516 g/mol. The van der Waals surface area contributed by atoms with Crippen molar-refractivity contribution in [1.29, 1.82) is 5.26 Å². The number of aromatic nitrogens is 1. The third-order valence-electron chi connectivity index (χ3n) is 4.24. The number of allylic oxidation sites excluding steroid dienone is 1. The lowest BCUT2D eigenvalue weighted by Gasteiger charge is -2.02. The number of nitrogens with zero attached hydrogens (tertiary/aromatic N) is 2. The first-order valence-electron chi connectivity index (χ1n) is 8.57. The van der Waals surface area contributed by atoms with E-state index >= 15 is 0 Å². The Morgan fingerprint density at radius 3 is 2.57 bits per heavy atom. The number of halogens is 3. The minimum absolute atomic E-state index is 0.0338. The third kappa shape index (κ3) is 4.16. The molecule has 2 heterocycles. The van der Waals surface area contributed by atoms with E-state index in [1.807, 2.05) is 35.7 Å². The molecule has 148 valence electrons. The first kappa shape index (κ1) is 20.7. The van der Waals surface area contributed by atoms with Crippen molar-refractivity contribution in [3.8, 4) is 28.7 Å². The fourth-order valence-electron chi connectivity index (χ4n) is 2.77. The summed E-state index contributed by atoms with van der Waals surface area (Å²) in [5.41, 5.74) is 2.29. The molecule has 4 rings (SSSR count). The number of hydrogen-bond acceptors (Lipinski definition) is 5. The van der Waals surface area contributed by atoms with Crippen molar-refractivity contribution in [2.24, 2.45) is 0 Å².